The highest BCUT2D eigenvalue weighted by Gasteiger charge is 2.06. The van der Waals surface area contributed by atoms with Crippen LogP contribution >= 0.6 is 0 Å². The molecule has 0 unspecified atom stereocenters. The van der Waals surface area contributed by atoms with Crippen molar-refractivity contribution in [1.29, 1.82) is 0 Å². The molecule has 0 atom stereocenters. The number of carbonyl (C=O) groups excluding carboxylic acids is 2. The van der Waals surface area contributed by atoms with Gasteiger partial charge in [-0.15, -0.1) is 0 Å². The molecule has 2 nitrogen and oxygen atoms in total. The van der Waals surface area contributed by atoms with E-state index in [1.54, 1.807) is 31.2 Å². The molecule has 0 aromatic heterocycles. The van der Waals surface area contributed by atoms with E-state index in [-0.39, 0.29) is 18.0 Å². The number of rotatable bonds is 6. The molecule has 16 heavy (non-hydrogen) atoms. The van der Waals surface area contributed by atoms with Gasteiger partial charge >= 0.3 is 0 Å². The first-order valence-corrected chi connectivity index (χ1v) is 5.59. The average Bonchev–Trinajstić information content (AvgIpc) is 2.30. The molecule has 0 N–H and O–H groups in total. The Bertz CT molecular complexity index is 283. The van der Waals surface area contributed by atoms with Gasteiger partial charge < -0.3 is 4.79 Å². The molecule has 0 aliphatic heterocycles. The molecule has 0 aromatic carbocycles. The van der Waals surface area contributed by atoms with Gasteiger partial charge in [-0.25, -0.2) is 0 Å². The Kier molecular flexibility index (Phi) is 12.3. The highest BCUT2D eigenvalue weighted by atomic mass is 16.1. The Hall–Kier alpha value is -1.44. The minimum atomic E-state index is 0.000741. The normalized spacial score (nSPS) is 10.6. The van der Waals surface area contributed by atoms with Crippen molar-refractivity contribution in [3.05, 3.63) is 36.5 Å². The van der Waals surface area contributed by atoms with Gasteiger partial charge in [0.2, 0.25) is 0 Å². The third-order valence-corrected chi connectivity index (χ3v) is 1.75. The van der Waals surface area contributed by atoms with Crippen molar-refractivity contribution < 1.29 is 9.59 Å². The van der Waals surface area contributed by atoms with Crippen LogP contribution in [-0.2, 0) is 9.59 Å². The van der Waals surface area contributed by atoms with Crippen molar-refractivity contribution in [2.45, 2.75) is 40.5 Å². The molecule has 2 heteroatoms. The van der Waals surface area contributed by atoms with E-state index in [0.29, 0.717) is 12.0 Å². The number of Topliss-reactive ketones (excluding diaryl/α,β-unsaturated/α-hetero) is 2. The smallest absolute Gasteiger partial charge is 0.162 e. The second kappa shape index (κ2) is 11.6. The summed E-state index contributed by atoms with van der Waals surface area (Å²) in [5.41, 5.74) is 0.631. The number of hydrogen-bond acceptors (Lipinski definition) is 2. The number of carbonyl (C=O) groups is 2. The Morgan fingerprint density at radius 3 is 2.12 bits per heavy atom. The Balaban J connectivity index is 0. The molecule has 0 aliphatic carbocycles. The Morgan fingerprint density at radius 1 is 1.19 bits per heavy atom. The molecule has 0 radical (unpaired) electrons. The lowest BCUT2D eigenvalue weighted by molar-refractivity contribution is -0.121. The van der Waals surface area contributed by atoms with E-state index in [2.05, 4.69) is 6.58 Å². The average molecular weight is 222 g/mol. The van der Waals surface area contributed by atoms with Crippen LogP contribution < -0.4 is 0 Å². The largest absolute Gasteiger partial charge is 0.300 e. The molecule has 0 spiro atoms. The second-order valence-corrected chi connectivity index (χ2v) is 2.96. The number of allylic oxidation sites excluding steroid dienone is 5. The lowest BCUT2D eigenvalue weighted by Crippen LogP contribution is -2.03. The third-order valence-electron chi connectivity index (χ3n) is 1.75. The monoisotopic (exact) mass is 222 g/mol. The van der Waals surface area contributed by atoms with Crippen LogP contribution in [0.15, 0.2) is 36.5 Å². The van der Waals surface area contributed by atoms with Crippen molar-refractivity contribution in [2.75, 3.05) is 0 Å². The predicted octanol–water partition coefficient (Wildman–Crippen LogP) is 3.64. The Labute approximate surface area is 98.7 Å². The van der Waals surface area contributed by atoms with Crippen molar-refractivity contribution >= 4 is 11.6 Å². The Morgan fingerprint density at radius 2 is 1.75 bits per heavy atom. The summed E-state index contributed by atoms with van der Waals surface area (Å²) in [6.07, 6.45) is 7.37. The van der Waals surface area contributed by atoms with Gasteiger partial charge in [0.1, 0.15) is 5.78 Å². The predicted molar refractivity (Wildman–Crippen MR) is 69.4 cm³/mol. The molecule has 0 rings (SSSR count). The van der Waals surface area contributed by atoms with Gasteiger partial charge in [-0.2, -0.15) is 0 Å². The maximum atomic E-state index is 11.5. The summed E-state index contributed by atoms with van der Waals surface area (Å²) < 4.78 is 0. The molecule has 0 saturated heterocycles. The summed E-state index contributed by atoms with van der Waals surface area (Å²) in [7, 11) is 0. The molecule has 0 amide bonds. The minimum Gasteiger partial charge on any atom is -0.300 e. The first kappa shape index (κ1) is 17.0. The van der Waals surface area contributed by atoms with Gasteiger partial charge in [0, 0.05) is 18.4 Å². The number of ketones is 2. The van der Waals surface area contributed by atoms with E-state index in [1.807, 2.05) is 13.8 Å². The first-order valence-electron chi connectivity index (χ1n) is 5.59. The summed E-state index contributed by atoms with van der Waals surface area (Å²) in [6.45, 7) is 10.8. The fourth-order valence-electron chi connectivity index (χ4n) is 0.956. The van der Waals surface area contributed by atoms with Crippen LogP contribution in [0.2, 0.25) is 0 Å². The molecule has 0 heterocycles. The molecule has 0 saturated carbocycles. The van der Waals surface area contributed by atoms with Crippen molar-refractivity contribution in [2.24, 2.45) is 0 Å². The minimum absolute atomic E-state index is 0.000741. The highest BCUT2D eigenvalue weighted by Crippen LogP contribution is 2.05. The van der Waals surface area contributed by atoms with Crippen molar-refractivity contribution in [3.63, 3.8) is 0 Å². The van der Waals surface area contributed by atoms with Gasteiger partial charge in [0.15, 0.2) is 5.78 Å². The zero-order valence-electron chi connectivity index (χ0n) is 10.7. The molecular weight excluding hydrogens is 200 g/mol. The SMILES string of the molecule is C=C/C=C\C(=C/C)C(=O)CCC(C)=O.CC. The summed E-state index contributed by atoms with van der Waals surface area (Å²) in [6, 6.07) is 0. The quantitative estimate of drug-likeness (QED) is 0.508. The second-order valence-electron chi connectivity index (χ2n) is 2.96. The summed E-state index contributed by atoms with van der Waals surface area (Å²) in [5.74, 6) is 0.0438. The molecule has 0 bridgehead atoms. The lowest BCUT2D eigenvalue weighted by atomic mass is 10.1. The van der Waals surface area contributed by atoms with Crippen LogP contribution in [0.5, 0.6) is 0 Å². The van der Waals surface area contributed by atoms with Gasteiger partial charge in [-0.1, -0.05) is 44.7 Å². The van der Waals surface area contributed by atoms with Crippen LogP contribution in [0.1, 0.15) is 40.5 Å². The van der Waals surface area contributed by atoms with Crippen LogP contribution in [0.25, 0.3) is 0 Å². The standard InChI is InChI=1S/C12H16O2.C2H6/c1-4-6-7-11(5-2)12(14)9-8-10(3)13;1-2/h4-7H,1,8-9H2,2-3H3;1-2H3/b7-6-,11-5+;. The van der Waals surface area contributed by atoms with E-state index in [1.165, 1.54) is 6.92 Å². The summed E-state index contributed by atoms with van der Waals surface area (Å²) in [4.78, 5) is 22.1. The highest BCUT2D eigenvalue weighted by molar-refractivity contribution is 5.99. The molecular formula is C14H22O2. The summed E-state index contributed by atoms with van der Waals surface area (Å²) in [5, 5.41) is 0. The topological polar surface area (TPSA) is 34.1 Å². The third kappa shape index (κ3) is 9.13. The molecule has 90 valence electrons. The van der Waals surface area contributed by atoms with E-state index in [0.717, 1.165) is 0 Å². The number of hydrogen-bond donors (Lipinski definition) is 0. The van der Waals surface area contributed by atoms with Crippen LogP contribution in [-0.4, -0.2) is 11.6 Å². The van der Waals surface area contributed by atoms with Crippen LogP contribution in [0.3, 0.4) is 0 Å². The van der Waals surface area contributed by atoms with E-state index >= 15 is 0 Å². The van der Waals surface area contributed by atoms with E-state index in [9.17, 15) is 9.59 Å². The maximum Gasteiger partial charge on any atom is 0.162 e. The fraction of sp³-hybridized carbons (Fsp3) is 0.429. The lowest BCUT2D eigenvalue weighted by Gasteiger charge is -1.98. The zero-order chi connectivity index (χ0) is 13.0. The van der Waals surface area contributed by atoms with Crippen molar-refractivity contribution in [1.82, 2.24) is 0 Å². The summed E-state index contributed by atoms with van der Waals surface area (Å²) >= 11 is 0. The van der Waals surface area contributed by atoms with Crippen LogP contribution in [0, 0.1) is 0 Å². The van der Waals surface area contributed by atoms with E-state index < -0.39 is 0 Å². The van der Waals surface area contributed by atoms with Crippen LogP contribution in [0.4, 0.5) is 0 Å². The first-order chi connectivity index (χ1) is 7.61. The van der Waals surface area contributed by atoms with E-state index in [4.69, 9.17) is 0 Å². The maximum absolute atomic E-state index is 11.5. The fourth-order valence-corrected chi connectivity index (χ4v) is 0.956. The zero-order valence-corrected chi connectivity index (χ0v) is 10.7. The van der Waals surface area contributed by atoms with Gasteiger partial charge in [0.05, 0.1) is 0 Å². The molecule has 0 aliphatic rings. The van der Waals surface area contributed by atoms with Gasteiger partial charge in [0.25, 0.3) is 0 Å². The van der Waals surface area contributed by atoms with Crippen molar-refractivity contribution in [3.8, 4) is 0 Å². The molecule has 0 aromatic rings. The van der Waals surface area contributed by atoms with Gasteiger partial charge in [-0.3, -0.25) is 4.79 Å². The molecule has 0 fully saturated rings. The van der Waals surface area contributed by atoms with Gasteiger partial charge in [-0.05, 0) is 13.8 Å².